The van der Waals surface area contributed by atoms with E-state index in [1.54, 1.807) is 22.2 Å². The molecule has 4 rings (SSSR count). The Labute approximate surface area is 192 Å². The van der Waals surface area contributed by atoms with Crippen molar-refractivity contribution in [1.29, 1.82) is 0 Å². The SMILES string of the molecule is CCOc1ccc(-c2c(C)sc3ncn(CCCCOc4ccc(C)cc4)c(=O)c23)cc1. The summed E-state index contributed by atoms with van der Waals surface area (Å²) in [6.45, 7) is 7.95. The first kappa shape index (κ1) is 22.1. The minimum Gasteiger partial charge on any atom is -0.494 e. The molecule has 0 aliphatic carbocycles. The van der Waals surface area contributed by atoms with Crippen molar-refractivity contribution in [3.05, 3.63) is 75.7 Å². The fourth-order valence-corrected chi connectivity index (χ4v) is 4.74. The van der Waals surface area contributed by atoms with Gasteiger partial charge in [0.2, 0.25) is 0 Å². The predicted molar refractivity (Wildman–Crippen MR) is 131 cm³/mol. The second kappa shape index (κ2) is 10.0. The van der Waals surface area contributed by atoms with Gasteiger partial charge in [0.15, 0.2) is 0 Å². The molecule has 0 saturated heterocycles. The summed E-state index contributed by atoms with van der Waals surface area (Å²) >= 11 is 1.57. The molecule has 166 valence electrons. The molecule has 0 bridgehead atoms. The van der Waals surface area contributed by atoms with Crippen LogP contribution in [0.25, 0.3) is 21.3 Å². The number of aryl methyl sites for hydroxylation is 3. The van der Waals surface area contributed by atoms with Gasteiger partial charge in [-0.2, -0.15) is 0 Å². The van der Waals surface area contributed by atoms with Crippen molar-refractivity contribution in [2.75, 3.05) is 13.2 Å². The van der Waals surface area contributed by atoms with Crippen LogP contribution in [0.5, 0.6) is 11.5 Å². The van der Waals surface area contributed by atoms with E-state index < -0.39 is 0 Å². The maximum absolute atomic E-state index is 13.3. The summed E-state index contributed by atoms with van der Waals surface area (Å²) in [5, 5.41) is 0.704. The number of rotatable bonds is 9. The number of benzene rings is 2. The first-order chi connectivity index (χ1) is 15.6. The van der Waals surface area contributed by atoms with Crippen LogP contribution < -0.4 is 15.0 Å². The summed E-state index contributed by atoms with van der Waals surface area (Å²) in [6.07, 6.45) is 3.39. The molecule has 0 radical (unpaired) electrons. The molecule has 0 saturated carbocycles. The van der Waals surface area contributed by atoms with Crippen molar-refractivity contribution in [3.8, 4) is 22.6 Å². The maximum atomic E-state index is 13.3. The molecule has 0 amide bonds. The largest absolute Gasteiger partial charge is 0.494 e. The van der Waals surface area contributed by atoms with E-state index in [9.17, 15) is 4.79 Å². The Bertz CT molecular complexity index is 1240. The molecule has 32 heavy (non-hydrogen) atoms. The Morgan fingerprint density at radius 1 is 0.938 bits per heavy atom. The summed E-state index contributed by atoms with van der Waals surface area (Å²) in [5.74, 6) is 1.71. The zero-order valence-electron chi connectivity index (χ0n) is 18.8. The summed E-state index contributed by atoms with van der Waals surface area (Å²) in [4.78, 5) is 19.8. The number of aromatic nitrogens is 2. The van der Waals surface area contributed by atoms with Gasteiger partial charge in [0, 0.05) is 17.0 Å². The number of hydrogen-bond donors (Lipinski definition) is 0. The van der Waals surface area contributed by atoms with Crippen molar-refractivity contribution in [1.82, 2.24) is 9.55 Å². The van der Waals surface area contributed by atoms with Gasteiger partial charge in [-0.05, 0) is 63.4 Å². The van der Waals surface area contributed by atoms with Crippen LogP contribution in [0.2, 0.25) is 0 Å². The van der Waals surface area contributed by atoms with Crippen LogP contribution in [0.3, 0.4) is 0 Å². The minimum atomic E-state index is 0.0164. The number of nitrogens with zero attached hydrogens (tertiary/aromatic N) is 2. The topological polar surface area (TPSA) is 53.4 Å². The zero-order valence-corrected chi connectivity index (χ0v) is 19.6. The van der Waals surface area contributed by atoms with Gasteiger partial charge in [0.25, 0.3) is 5.56 Å². The highest BCUT2D eigenvalue weighted by atomic mass is 32.1. The molecule has 0 fully saturated rings. The lowest BCUT2D eigenvalue weighted by atomic mass is 10.0. The van der Waals surface area contributed by atoms with E-state index in [2.05, 4.69) is 11.9 Å². The molecule has 2 aromatic carbocycles. The van der Waals surface area contributed by atoms with E-state index in [-0.39, 0.29) is 5.56 Å². The van der Waals surface area contributed by atoms with E-state index in [0.29, 0.717) is 25.1 Å². The van der Waals surface area contributed by atoms with Crippen LogP contribution in [0, 0.1) is 13.8 Å². The standard InChI is InChI=1S/C26H28N2O3S/c1-4-30-21-13-9-20(10-14-21)23-19(3)32-25-24(23)26(29)28(17-27-25)15-5-6-16-31-22-11-7-18(2)8-12-22/h7-14,17H,4-6,15-16H2,1-3H3. The Morgan fingerprint density at radius 3 is 2.34 bits per heavy atom. The Morgan fingerprint density at radius 2 is 1.62 bits per heavy atom. The van der Waals surface area contributed by atoms with Crippen LogP contribution in [0.15, 0.2) is 59.7 Å². The van der Waals surface area contributed by atoms with Crippen LogP contribution in [-0.2, 0) is 6.54 Å². The molecule has 0 unspecified atom stereocenters. The molecule has 0 aliphatic heterocycles. The molecule has 2 aromatic heterocycles. The number of ether oxygens (including phenoxy) is 2. The third-order valence-electron chi connectivity index (χ3n) is 5.39. The molecular weight excluding hydrogens is 420 g/mol. The van der Waals surface area contributed by atoms with Gasteiger partial charge in [-0.15, -0.1) is 11.3 Å². The van der Waals surface area contributed by atoms with E-state index in [0.717, 1.165) is 45.2 Å². The van der Waals surface area contributed by atoms with Gasteiger partial charge < -0.3 is 9.47 Å². The second-order valence-electron chi connectivity index (χ2n) is 7.78. The zero-order chi connectivity index (χ0) is 22.5. The number of unbranched alkanes of at least 4 members (excludes halogenated alkanes) is 1. The van der Waals surface area contributed by atoms with Gasteiger partial charge in [0.05, 0.1) is 24.9 Å². The van der Waals surface area contributed by atoms with E-state index in [4.69, 9.17) is 9.47 Å². The molecule has 6 heteroatoms. The Balaban J connectivity index is 1.47. The average Bonchev–Trinajstić information content (AvgIpc) is 3.14. The summed E-state index contributed by atoms with van der Waals surface area (Å²) in [6, 6.07) is 16.0. The highest BCUT2D eigenvalue weighted by Gasteiger charge is 2.17. The van der Waals surface area contributed by atoms with E-state index in [1.165, 1.54) is 5.56 Å². The Kier molecular flexibility index (Phi) is 6.90. The second-order valence-corrected chi connectivity index (χ2v) is 8.99. The maximum Gasteiger partial charge on any atom is 0.262 e. The molecule has 0 aliphatic rings. The molecule has 0 N–H and O–H groups in total. The van der Waals surface area contributed by atoms with Crippen molar-refractivity contribution in [3.63, 3.8) is 0 Å². The molecular formula is C26H28N2O3S. The molecule has 0 atom stereocenters. The van der Waals surface area contributed by atoms with Gasteiger partial charge >= 0.3 is 0 Å². The van der Waals surface area contributed by atoms with Crippen LogP contribution in [0.1, 0.15) is 30.2 Å². The van der Waals surface area contributed by atoms with Crippen molar-refractivity contribution in [2.45, 2.75) is 40.2 Å². The van der Waals surface area contributed by atoms with E-state index in [1.807, 2.05) is 62.4 Å². The lowest BCUT2D eigenvalue weighted by molar-refractivity contribution is 0.303. The Hall–Kier alpha value is -3.12. The van der Waals surface area contributed by atoms with Crippen molar-refractivity contribution < 1.29 is 9.47 Å². The van der Waals surface area contributed by atoms with Gasteiger partial charge in [-0.1, -0.05) is 29.8 Å². The van der Waals surface area contributed by atoms with Crippen molar-refractivity contribution >= 4 is 21.6 Å². The first-order valence-electron chi connectivity index (χ1n) is 11.0. The van der Waals surface area contributed by atoms with Crippen LogP contribution in [0.4, 0.5) is 0 Å². The van der Waals surface area contributed by atoms with Gasteiger partial charge in [-0.3, -0.25) is 9.36 Å². The minimum absolute atomic E-state index is 0.0164. The fourth-order valence-electron chi connectivity index (χ4n) is 3.74. The summed E-state index contributed by atoms with van der Waals surface area (Å²) in [7, 11) is 0. The number of thiophene rings is 1. The third-order valence-corrected chi connectivity index (χ3v) is 6.41. The normalized spacial score (nSPS) is 11.1. The molecule has 2 heterocycles. The fraction of sp³-hybridized carbons (Fsp3) is 0.308. The smallest absolute Gasteiger partial charge is 0.262 e. The van der Waals surface area contributed by atoms with Gasteiger partial charge in [0.1, 0.15) is 16.3 Å². The van der Waals surface area contributed by atoms with Crippen LogP contribution >= 0.6 is 11.3 Å². The van der Waals surface area contributed by atoms with Crippen molar-refractivity contribution in [2.24, 2.45) is 0 Å². The summed E-state index contributed by atoms with van der Waals surface area (Å²) < 4.78 is 13.1. The monoisotopic (exact) mass is 448 g/mol. The van der Waals surface area contributed by atoms with E-state index >= 15 is 0 Å². The quantitative estimate of drug-likeness (QED) is 0.295. The third kappa shape index (κ3) is 4.86. The summed E-state index contributed by atoms with van der Waals surface area (Å²) in [5.41, 5.74) is 3.22. The number of hydrogen-bond acceptors (Lipinski definition) is 5. The lowest BCUT2D eigenvalue weighted by Gasteiger charge is -2.09. The number of fused-ring (bicyclic) bond motifs is 1. The molecule has 5 nitrogen and oxygen atoms in total. The van der Waals surface area contributed by atoms with Crippen LogP contribution in [-0.4, -0.2) is 22.8 Å². The molecule has 4 aromatic rings. The highest BCUT2D eigenvalue weighted by Crippen LogP contribution is 2.36. The van der Waals surface area contributed by atoms with Gasteiger partial charge in [-0.25, -0.2) is 4.98 Å². The molecule has 0 spiro atoms. The lowest BCUT2D eigenvalue weighted by Crippen LogP contribution is -2.20. The highest BCUT2D eigenvalue weighted by molar-refractivity contribution is 7.19. The predicted octanol–water partition coefficient (Wildman–Crippen LogP) is 6.00. The average molecular weight is 449 g/mol. The first-order valence-corrected chi connectivity index (χ1v) is 11.8.